The summed E-state index contributed by atoms with van der Waals surface area (Å²) in [5, 5.41) is 10.2. The minimum absolute atomic E-state index is 0.0338. The molecule has 0 saturated carbocycles. The van der Waals surface area contributed by atoms with E-state index in [9.17, 15) is 5.11 Å². The van der Waals surface area contributed by atoms with Gasteiger partial charge in [-0.3, -0.25) is 0 Å². The van der Waals surface area contributed by atoms with Gasteiger partial charge in [0, 0.05) is 22.1 Å². The van der Waals surface area contributed by atoms with Crippen LogP contribution < -0.4 is 9.47 Å². The van der Waals surface area contributed by atoms with Gasteiger partial charge in [-0.25, -0.2) is 0 Å². The van der Waals surface area contributed by atoms with Gasteiger partial charge < -0.3 is 14.6 Å². The molecule has 0 saturated heterocycles. The van der Waals surface area contributed by atoms with Gasteiger partial charge >= 0.3 is 0 Å². The lowest BCUT2D eigenvalue weighted by molar-refractivity contribution is 0.172. The second-order valence-corrected chi connectivity index (χ2v) is 5.98. The van der Waals surface area contributed by atoms with E-state index in [0.717, 1.165) is 16.9 Å². The third-order valence-corrected chi connectivity index (χ3v) is 3.60. The fraction of sp³-hybridized carbons (Fsp3) is 0.571. The summed E-state index contributed by atoms with van der Waals surface area (Å²) in [4.78, 5) is 0. The standard InChI is InChI=1S/C14H19ClO3/c1-8(2)11-12(14(3,4)6-16)9(15)5-10-13(11)18-7-17-10/h5,8,16H,6-7H2,1-4H3. The molecular formula is C14H19ClO3. The van der Waals surface area contributed by atoms with Crippen LogP contribution >= 0.6 is 11.6 Å². The Balaban J connectivity index is 2.72. The Kier molecular flexibility index (Phi) is 3.47. The van der Waals surface area contributed by atoms with Crippen LogP contribution in [0.3, 0.4) is 0 Å². The fourth-order valence-corrected chi connectivity index (χ4v) is 2.81. The first-order chi connectivity index (χ1) is 8.38. The van der Waals surface area contributed by atoms with Gasteiger partial charge in [0.2, 0.25) is 6.79 Å². The van der Waals surface area contributed by atoms with Gasteiger partial charge in [0.05, 0.1) is 6.61 Å². The molecule has 1 N–H and O–H groups in total. The summed E-state index contributed by atoms with van der Waals surface area (Å²) in [6, 6.07) is 1.78. The normalized spacial score (nSPS) is 14.4. The minimum Gasteiger partial charge on any atom is -0.454 e. The fourth-order valence-electron chi connectivity index (χ4n) is 2.35. The number of fused-ring (bicyclic) bond motifs is 1. The molecule has 0 atom stereocenters. The second-order valence-electron chi connectivity index (χ2n) is 5.58. The first-order valence-electron chi connectivity index (χ1n) is 6.12. The van der Waals surface area contributed by atoms with Crippen LogP contribution in [0, 0.1) is 0 Å². The van der Waals surface area contributed by atoms with E-state index >= 15 is 0 Å². The third kappa shape index (κ3) is 2.06. The van der Waals surface area contributed by atoms with Crippen LogP contribution in [0.4, 0.5) is 0 Å². The van der Waals surface area contributed by atoms with Gasteiger partial charge in [-0.15, -0.1) is 0 Å². The molecule has 0 bridgehead atoms. The van der Waals surface area contributed by atoms with E-state index in [4.69, 9.17) is 21.1 Å². The molecular weight excluding hydrogens is 252 g/mol. The van der Waals surface area contributed by atoms with E-state index in [1.807, 2.05) is 13.8 Å². The highest BCUT2D eigenvalue weighted by Gasteiger charge is 2.32. The maximum Gasteiger partial charge on any atom is 0.231 e. The SMILES string of the molecule is CC(C)c1c2c(cc(Cl)c1C(C)(C)CO)OCO2. The van der Waals surface area contributed by atoms with Crippen LogP contribution in [-0.4, -0.2) is 18.5 Å². The Morgan fingerprint density at radius 2 is 2.06 bits per heavy atom. The summed E-state index contributed by atoms with van der Waals surface area (Å²) in [5.41, 5.74) is 1.58. The van der Waals surface area contributed by atoms with Gasteiger partial charge in [0.1, 0.15) is 0 Å². The number of aliphatic hydroxyl groups excluding tert-OH is 1. The first kappa shape index (κ1) is 13.5. The van der Waals surface area contributed by atoms with Crippen molar-refractivity contribution in [1.82, 2.24) is 0 Å². The molecule has 1 aliphatic rings. The Morgan fingerprint density at radius 1 is 1.39 bits per heavy atom. The molecule has 0 amide bonds. The van der Waals surface area contributed by atoms with Crippen molar-refractivity contribution < 1.29 is 14.6 Å². The first-order valence-corrected chi connectivity index (χ1v) is 6.49. The van der Waals surface area contributed by atoms with E-state index in [-0.39, 0.29) is 19.3 Å². The molecule has 3 nitrogen and oxygen atoms in total. The Labute approximate surface area is 113 Å². The number of halogens is 1. The zero-order chi connectivity index (χ0) is 13.5. The van der Waals surface area contributed by atoms with E-state index in [2.05, 4.69) is 13.8 Å². The molecule has 1 aromatic carbocycles. The quantitative estimate of drug-likeness (QED) is 0.914. The lowest BCUT2D eigenvalue weighted by Crippen LogP contribution is -2.25. The van der Waals surface area contributed by atoms with Crippen LogP contribution in [0.15, 0.2) is 6.07 Å². The van der Waals surface area contributed by atoms with Crippen molar-refractivity contribution in [2.75, 3.05) is 13.4 Å². The number of aliphatic hydroxyl groups is 1. The number of rotatable bonds is 3. The Bertz CT molecular complexity index is 467. The maximum absolute atomic E-state index is 9.60. The predicted molar refractivity (Wildman–Crippen MR) is 71.8 cm³/mol. The van der Waals surface area contributed by atoms with E-state index in [1.54, 1.807) is 6.07 Å². The number of ether oxygens (including phenoxy) is 2. The molecule has 1 heterocycles. The van der Waals surface area contributed by atoms with Crippen LogP contribution in [-0.2, 0) is 5.41 Å². The molecule has 2 rings (SSSR count). The zero-order valence-electron chi connectivity index (χ0n) is 11.2. The highest BCUT2D eigenvalue weighted by atomic mass is 35.5. The van der Waals surface area contributed by atoms with Crippen LogP contribution in [0.2, 0.25) is 5.02 Å². The van der Waals surface area contributed by atoms with Gasteiger partial charge in [-0.1, -0.05) is 39.3 Å². The molecule has 0 spiro atoms. The average Bonchev–Trinajstić information content (AvgIpc) is 2.74. The van der Waals surface area contributed by atoms with Gasteiger partial charge in [-0.05, 0) is 11.5 Å². The van der Waals surface area contributed by atoms with E-state index < -0.39 is 5.41 Å². The monoisotopic (exact) mass is 270 g/mol. The molecule has 0 radical (unpaired) electrons. The third-order valence-electron chi connectivity index (χ3n) is 3.30. The lowest BCUT2D eigenvalue weighted by Gasteiger charge is -2.29. The molecule has 1 aromatic rings. The second kappa shape index (κ2) is 4.63. The Morgan fingerprint density at radius 3 is 2.61 bits per heavy atom. The summed E-state index contributed by atoms with van der Waals surface area (Å²) in [6.07, 6.45) is 0. The highest BCUT2D eigenvalue weighted by Crippen LogP contribution is 2.48. The number of hydrogen-bond acceptors (Lipinski definition) is 3. The summed E-state index contributed by atoms with van der Waals surface area (Å²) in [6.45, 7) is 8.39. The van der Waals surface area contributed by atoms with Gasteiger partial charge in [-0.2, -0.15) is 0 Å². The van der Waals surface area contributed by atoms with Crippen molar-refractivity contribution in [3.05, 3.63) is 22.2 Å². The van der Waals surface area contributed by atoms with Crippen molar-refractivity contribution in [1.29, 1.82) is 0 Å². The summed E-state index contributed by atoms with van der Waals surface area (Å²) >= 11 is 6.37. The van der Waals surface area contributed by atoms with Crippen LogP contribution in [0.25, 0.3) is 0 Å². The molecule has 18 heavy (non-hydrogen) atoms. The van der Waals surface area contributed by atoms with Crippen molar-refractivity contribution in [2.45, 2.75) is 39.0 Å². The molecule has 0 aliphatic carbocycles. The molecule has 1 aliphatic heterocycles. The number of benzene rings is 1. The molecule has 4 heteroatoms. The zero-order valence-corrected chi connectivity index (χ0v) is 12.0. The van der Waals surface area contributed by atoms with Gasteiger partial charge in [0.15, 0.2) is 11.5 Å². The number of hydrogen-bond donors (Lipinski definition) is 1. The van der Waals surface area contributed by atoms with E-state index in [0.29, 0.717) is 10.8 Å². The van der Waals surface area contributed by atoms with Crippen LogP contribution in [0.1, 0.15) is 44.7 Å². The lowest BCUT2D eigenvalue weighted by atomic mass is 9.79. The predicted octanol–water partition coefficient (Wildman–Crippen LogP) is 3.46. The van der Waals surface area contributed by atoms with Gasteiger partial charge in [0.25, 0.3) is 0 Å². The topological polar surface area (TPSA) is 38.7 Å². The largest absolute Gasteiger partial charge is 0.454 e. The molecule has 0 unspecified atom stereocenters. The summed E-state index contributed by atoms with van der Waals surface area (Å²) < 4.78 is 11.0. The van der Waals surface area contributed by atoms with Crippen molar-refractivity contribution in [3.63, 3.8) is 0 Å². The average molecular weight is 271 g/mol. The van der Waals surface area contributed by atoms with E-state index in [1.165, 1.54) is 0 Å². The highest BCUT2D eigenvalue weighted by molar-refractivity contribution is 6.31. The smallest absolute Gasteiger partial charge is 0.231 e. The van der Waals surface area contributed by atoms with Crippen LogP contribution in [0.5, 0.6) is 11.5 Å². The van der Waals surface area contributed by atoms with Crippen molar-refractivity contribution in [2.24, 2.45) is 0 Å². The van der Waals surface area contributed by atoms with Crippen molar-refractivity contribution in [3.8, 4) is 11.5 Å². The molecule has 100 valence electrons. The van der Waals surface area contributed by atoms with Crippen molar-refractivity contribution >= 4 is 11.6 Å². The minimum atomic E-state index is -0.405. The molecule has 0 fully saturated rings. The summed E-state index contributed by atoms with van der Waals surface area (Å²) in [7, 11) is 0. The summed E-state index contributed by atoms with van der Waals surface area (Å²) in [5.74, 6) is 1.71. The Hall–Kier alpha value is -0.930. The maximum atomic E-state index is 9.60. The molecule has 0 aromatic heterocycles.